The average molecular weight is 306 g/mol. The molecule has 0 saturated heterocycles. The molecule has 0 heterocycles. The monoisotopic (exact) mass is 305 g/mol. The van der Waals surface area contributed by atoms with Gasteiger partial charge in [0.2, 0.25) is 10.0 Å². The second-order valence-electron chi connectivity index (χ2n) is 4.59. The second kappa shape index (κ2) is 5.90. The van der Waals surface area contributed by atoms with E-state index < -0.39 is 22.0 Å². The van der Waals surface area contributed by atoms with Gasteiger partial charge in [-0.2, -0.15) is 4.72 Å². The number of aliphatic carboxylic acids is 1. The van der Waals surface area contributed by atoms with E-state index in [0.29, 0.717) is 10.6 Å². The van der Waals surface area contributed by atoms with Crippen LogP contribution in [0.5, 0.6) is 0 Å². The summed E-state index contributed by atoms with van der Waals surface area (Å²) in [6, 6.07) is 3.16. The molecule has 0 saturated carbocycles. The Kier molecular flexibility index (Phi) is 4.95. The smallest absolute Gasteiger partial charge is 0.322 e. The van der Waals surface area contributed by atoms with Crippen molar-refractivity contribution in [3.63, 3.8) is 0 Å². The Labute approximate surface area is 117 Å². The Bertz CT molecular complexity index is 583. The minimum absolute atomic E-state index is 0.0313. The standard InChI is InChI=1S/C12H16ClNO4S/c1-7(2)11(12(15)16)14-19(17,18)10-5-4-9(13)6-8(10)3/h4-7,11,14H,1-3H3,(H,15,16). The fourth-order valence-electron chi connectivity index (χ4n) is 1.62. The summed E-state index contributed by atoms with van der Waals surface area (Å²) in [6.45, 7) is 4.87. The second-order valence-corrected chi connectivity index (χ2v) is 6.71. The number of rotatable bonds is 5. The molecule has 19 heavy (non-hydrogen) atoms. The van der Waals surface area contributed by atoms with Crippen LogP contribution in [0.25, 0.3) is 0 Å². The lowest BCUT2D eigenvalue weighted by Gasteiger charge is -2.18. The molecule has 7 heteroatoms. The van der Waals surface area contributed by atoms with Gasteiger partial charge >= 0.3 is 5.97 Å². The van der Waals surface area contributed by atoms with Crippen LogP contribution in [0, 0.1) is 12.8 Å². The molecule has 0 radical (unpaired) electrons. The van der Waals surface area contributed by atoms with Crippen LogP contribution < -0.4 is 4.72 Å². The van der Waals surface area contributed by atoms with Crippen LogP contribution >= 0.6 is 11.6 Å². The predicted molar refractivity (Wildman–Crippen MR) is 72.8 cm³/mol. The molecule has 1 aromatic rings. The van der Waals surface area contributed by atoms with Crippen molar-refractivity contribution < 1.29 is 18.3 Å². The molecule has 0 aromatic heterocycles. The largest absolute Gasteiger partial charge is 0.480 e. The summed E-state index contributed by atoms with van der Waals surface area (Å²) < 4.78 is 26.5. The Morgan fingerprint density at radius 3 is 2.37 bits per heavy atom. The predicted octanol–water partition coefficient (Wildman–Crippen LogP) is 2.04. The molecule has 1 atom stereocenters. The molecule has 0 amide bonds. The van der Waals surface area contributed by atoms with Crippen molar-refractivity contribution in [1.82, 2.24) is 4.72 Å². The fourth-order valence-corrected chi connectivity index (χ4v) is 3.41. The van der Waals surface area contributed by atoms with Gasteiger partial charge in [-0.25, -0.2) is 8.42 Å². The van der Waals surface area contributed by atoms with Gasteiger partial charge < -0.3 is 5.11 Å². The molecule has 0 aliphatic heterocycles. The Hall–Kier alpha value is -1.11. The summed E-state index contributed by atoms with van der Waals surface area (Å²) in [5.41, 5.74) is 0.466. The van der Waals surface area contributed by atoms with E-state index in [4.69, 9.17) is 16.7 Å². The molecule has 0 spiro atoms. The Morgan fingerprint density at radius 2 is 1.95 bits per heavy atom. The third-order valence-electron chi connectivity index (χ3n) is 2.64. The number of halogens is 1. The van der Waals surface area contributed by atoms with E-state index in [1.807, 2.05) is 0 Å². The van der Waals surface area contributed by atoms with E-state index in [1.54, 1.807) is 20.8 Å². The lowest BCUT2D eigenvalue weighted by molar-refractivity contribution is -0.140. The molecule has 0 aliphatic rings. The van der Waals surface area contributed by atoms with Crippen molar-refractivity contribution in [2.45, 2.75) is 31.7 Å². The van der Waals surface area contributed by atoms with Crippen molar-refractivity contribution >= 4 is 27.6 Å². The number of nitrogens with one attached hydrogen (secondary N) is 1. The van der Waals surface area contributed by atoms with Gasteiger partial charge in [-0.1, -0.05) is 25.4 Å². The van der Waals surface area contributed by atoms with E-state index in [1.165, 1.54) is 18.2 Å². The van der Waals surface area contributed by atoms with Crippen LogP contribution in [0.2, 0.25) is 5.02 Å². The van der Waals surface area contributed by atoms with Crippen LogP contribution in [-0.4, -0.2) is 25.5 Å². The Balaban J connectivity index is 3.14. The maximum absolute atomic E-state index is 12.2. The maximum atomic E-state index is 12.2. The number of sulfonamides is 1. The minimum Gasteiger partial charge on any atom is -0.480 e. The van der Waals surface area contributed by atoms with Gasteiger partial charge in [0.1, 0.15) is 6.04 Å². The van der Waals surface area contributed by atoms with Crippen molar-refractivity contribution in [2.24, 2.45) is 5.92 Å². The molecule has 1 rings (SSSR count). The first-order valence-electron chi connectivity index (χ1n) is 5.66. The molecule has 5 nitrogen and oxygen atoms in total. The van der Waals surface area contributed by atoms with Crippen molar-refractivity contribution in [3.8, 4) is 0 Å². The van der Waals surface area contributed by atoms with Crippen molar-refractivity contribution in [3.05, 3.63) is 28.8 Å². The van der Waals surface area contributed by atoms with Gasteiger partial charge in [-0.15, -0.1) is 0 Å². The number of hydrogen-bond donors (Lipinski definition) is 2. The number of carboxylic acids is 1. The van der Waals surface area contributed by atoms with Gasteiger partial charge in [0, 0.05) is 5.02 Å². The first kappa shape index (κ1) is 15.9. The van der Waals surface area contributed by atoms with E-state index in [-0.39, 0.29) is 10.8 Å². The molecule has 106 valence electrons. The summed E-state index contributed by atoms with van der Waals surface area (Å²) in [6.07, 6.45) is 0. The highest BCUT2D eigenvalue weighted by molar-refractivity contribution is 7.89. The highest BCUT2D eigenvalue weighted by atomic mass is 35.5. The van der Waals surface area contributed by atoms with Gasteiger partial charge in [0.25, 0.3) is 0 Å². The lowest BCUT2D eigenvalue weighted by atomic mass is 10.1. The third kappa shape index (κ3) is 3.92. The molecular weight excluding hydrogens is 290 g/mol. The first-order chi connectivity index (χ1) is 8.65. The van der Waals surface area contributed by atoms with E-state index in [2.05, 4.69) is 4.72 Å². The summed E-state index contributed by atoms with van der Waals surface area (Å²) in [5.74, 6) is -1.56. The molecule has 0 bridgehead atoms. The fraction of sp³-hybridized carbons (Fsp3) is 0.417. The molecule has 2 N–H and O–H groups in total. The van der Waals surface area contributed by atoms with Crippen LogP contribution in [-0.2, 0) is 14.8 Å². The molecule has 1 unspecified atom stereocenters. The quantitative estimate of drug-likeness (QED) is 0.872. The topological polar surface area (TPSA) is 83.5 Å². The van der Waals surface area contributed by atoms with Gasteiger partial charge in [-0.05, 0) is 36.6 Å². The van der Waals surface area contributed by atoms with Gasteiger partial charge in [0.15, 0.2) is 0 Å². The van der Waals surface area contributed by atoms with Crippen LogP contribution in [0.1, 0.15) is 19.4 Å². The summed E-state index contributed by atoms with van der Waals surface area (Å²) in [4.78, 5) is 11.1. The number of aryl methyl sites for hydroxylation is 1. The van der Waals surface area contributed by atoms with Crippen LogP contribution in [0.3, 0.4) is 0 Å². The highest BCUT2D eigenvalue weighted by Gasteiger charge is 2.28. The van der Waals surface area contributed by atoms with Gasteiger partial charge in [0.05, 0.1) is 4.90 Å². The maximum Gasteiger partial charge on any atom is 0.322 e. The summed E-state index contributed by atoms with van der Waals surface area (Å²) >= 11 is 5.76. The van der Waals surface area contributed by atoms with E-state index in [0.717, 1.165) is 0 Å². The SMILES string of the molecule is Cc1cc(Cl)ccc1S(=O)(=O)NC(C(=O)O)C(C)C. The third-order valence-corrected chi connectivity index (χ3v) is 4.48. The van der Waals surface area contributed by atoms with E-state index >= 15 is 0 Å². The zero-order valence-corrected chi connectivity index (χ0v) is 12.4. The molecular formula is C12H16ClNO4S. The Morgan fingerprint density at radius 1 is 1.37 bits per heavy atom. The zero-order chi connectivity index (χ0) is 14.8. The summed E-state index contributed by atoms with van der Waals surface area (Å²) in [7, 11) is -3.89. The first-order valence-corrected chi connectivity index (χ1v) is 7.52. The number of benzene rings is 1. The molecule has 0 aliphatic carbocycles. The van der Waals surface area contributed by atoms with Crippen molar-refractivity contribution in [2.75, 3.05) is 0 Å². The van der Waals surface area contributed by atoms with Gasteiger partial charge in [-0.3, -0.25) is 4.79 Å². The van der Waals surface area contributed by atoms with Crippen LogP contribution in [0.4, 0.5) is 0 Å². The van der Waals surface area contributed by atoms with Crippen LogP contribution in [0.15, 0.2) is 23.1 Å². The number of carboxylic acid groups (broad SMARTS) is 1. The minimum atomic E-state index is -3.89. The van der Waals surface area contributed by atoms with Crippen molar-refractivity contribution in [1.29, 1.82) is 0 Å². The number of carbonyl (C=O) groups is 1. The molecule has 0 fully saturated rings. The summed E-state index contributed by atoms with van der Waals surface area (Å²) in [5, 5.41) is 9.45. The zero-order valence-electron chi connectivity index (χ0n) is 10.8. The lowest BCUT2D eigenvalue weighted by Crippen LogP contribution is -2.44. The highest BCUT2D eigenvalue weighted by Crippen LogP contribution is 2.20. The molecule has 1 aromatic carbocycles. The normalized spacial score (nSPS) is 13.5. The number of hydrogen-bond acceptors (Lipinski definition) is 3. The average Bonchev–Trinajstić information content (AvgIpc) is 2.24. The van der Waals surface area contributed by atoms with E-state index in [9.17, 15) is 13.2 Å².